The van der Waals surface area contributed by atoms with Crippen molar-refractivity contribution in [2.75, 3.05) is 13.1 Å². The molecule has 1 aromatic rings. The smallest absolute Gasteiger partial charge is 0.321 e. The van der Waals surface area contributed by atoms with Crippen LogP contribution < -0.4 is 10.0 Å². The molecule has 0 aliphatic carbocycles. The molecule has 0 saturated heterocycles. The van der Waals surface area contributed by atoms with Crippen LogP contribution in [0.3, 0.4) is 0 Å². The second kappa shape index (κ2) is 9.84. The average molecular weight is 354 g/mol. The molecule has 0 radical (unpaired) electrons. The third-order valence-electron chi connectivity index (χ3n) is 2.88. The van der Waals surface area contributed by atoms with Crippen molar-refractivity contribution in [3.8, 4) is 0 Å². The lowest BCUT2D eigenvalue weighted by atomic mass is 10.2. The molecule has 0 aliphatic heterocycles. The highest BCUT2D eigenvalue weighted by Crippen LogP contribution is 2.02. The predicted molar refractivity (Wildman–Crippen MR) is 91.3 cm³/mol. The van der Waals surface area contributed by atoms with Crippen molar-refractivity contribution in [2.24, 2.45) is 0 Å². The van der Waals surface area contributed by atoms with E-state index in [-0.39, 0.29) is 0 Å². The number of rotatable bonds is 9. The Morgan fingerprint density at radius 1 is 1.25 bits per heavy atom. The normalized spacial score (nSPS) is 12.8. The molecule has 0 aliphatic rings. The highest BCUT2D eigenvalue weighted by molar-refractivity contribution is 7.92. The van der Waals surface area contributed by atoms with E-state index in [9.17, 15) is 18.0 Å². The monoisotopic (exact) mass is 354 g/mol. The molecule has 0 bridgehead atoms. The summed E-state index contributed by atoms with van der Waals surface area (Å²) in [6.07, 6.45) is 1.20. The molecule has 8 heteroatoms. The van der Waals surface area contributed by atoms with Crippen molar-refractivity contribution >= 4 is 28.0 Å². The van der Waals surface area contributed by atoms with Gasteiger partial charge < -0.3 is 10.1 Å². The highest BCUT2D eigenvalue weighted by Gasteiger charge is 2.18. The first-order valence-corrected chi connectivity index (χ1v) is 9.08. The van der Waals surface area contributed by atoms with E-state index < -0.39 is 34.5 Å². The fraction of sp³-hybridized carbons (Fsp3) is 0.375. The molecular weight excluding hydrogens is 332 g/mol. The molecular formula is C16H22N2O5S. The Morgan fingerprint density at radius 3 is 2.54 bits per heavy atom. The van der Waals surface area contributed by atoms with Crippen LogP contribution >= 0.6 is 0 Å². The molecule has 2 N–H and O–H groups in total. The van der Waals surface area contributed by atoms with Gasteiger partial charge >= 0.3 is 5.97 Å². The number of carbonyl (C=O) groups is 2. The Balaban J connectivity index is 2.45. The van der Waals surface area contributed by atoms with Gasteiger partial charge in [0.2, 0.25) is 10.0 Å². The standard InChI is InChI=1S/C16H22N2O5S/c1-3-10-17-16(20)13(2)23-15(19)12-18-24(21,22)11-9-14-7-5-4-6-8-14/h4-9,11,13,18H,3,10,12H2,1-2H3,(H,17,20)/b11-9+/t13-/m1/s1. The van der Waals surface area contributed by atoms with Crippen molar-refractivity contribution < 1.29 is 22.7 Å². The van der Waals surface area contributed by atoms with Crippen LogP contribution in [0.5, 0.6) is 0 Å². The van der Waals surface area contributed by atoms with E-state index in [1.54, 1.807) is 24.3 Å². The molecule has 1 atom stereocenters. The number of nitrogens with one attached hydrogen (secondary N) is 2. The van der Waals surface area contributed by atoms with Gasteiger partial charge in [-0.05, 0) is 25.0 Å². The molecule has 1 amide bonds. The average Bonchev–Trinajstić information content (AvgIpc) is 2.57. The van der Waals surface area contributed by atoms with Crippen LogP contribution in [0, 0.1) is 0 Å². The van der Waals surface area contributed by atoms with Crippen LogP contribution in [0.1, 0.15) is 25.8 Å². The number of hydrogen-bond acceptors (Lipinski definition) is 5. The summed E-state index contributed by atoms with van der Waals surface area (Å²) in [5.41, 5.74) is 0.715. The second-order valence-electron chi connectivity index (χ2n) is 5.00. The molecule has 24 heavy (non-hydrogen) atoms. The van der Waals surface area contributed by atoms with Gasteiger partial charge in [0.05, 0.1) is 0 Å². The van der Waals surface area contributed by atoms with Gasteiger partial charge in [-0.2, -0.15) is 0 Å². The number of esters is 1. The molecule has 7 nitrogen and oxygen atoms in total. The SMILES string of the molecule is CCCNC(=O)[C@@H](C)OC(=O)CNS(=O)(=O)/C=C/c1ccccc1. The first-order valence-electron chi connectivity index (χ1n) is 7.54. The van der Waals surface area contributed by atoms with Gasteiger partial charge in [-0.25, -0.2) is 13.1 Å². The minimum Gasteiger partial charge on any atom is -0.452 e. The van der Waals surface area contributed by atoms with Gasteiger partial charge in [-0.15, -0.1) is 0 Å². The molecule has 132 valence electrons. The minimum absolute atomic E-state index is 0.419. The van der Waals surface area contributed by atoms with Crippen molar-refractivity contribution in [3.63, 3.8) is 0 Å². The van der Waals surface area contributed by atoms with E-state index in [2.05, 4.69) is 10.0 Å². The highest BCUT2D eigenvalue weighted by atomic mass is 32.2. The largest absolute Gasteiger partial charge is 0.452 e. The van der Waals surface area contributed by atoms with Crippen LogP contribution in [-0.4, -0.2) is 39.5 Å². The van der Waals surface area contributed by atoms with Crippen LogP contribution in [0.4, 0.5) is 0 Å². The second-order valence-corrected chi connectivity index (χ2v) is 6.65. The summed E-state index contributed by atoms with van der Waals surface area (Å²) in [7, 11) is -3.78. The summed E-state index contributed by atoms with van der Waals surface area (Å²) in [6.45, 7) is 3.26. The van der Waals surface area contributed by atoms with Crippen molar-refractivity contribution in [1.82, 2.24) is 10.0 Å². The zero-order chi connectivity index (χ0) is 18.0. The van der Waals surface area contributed by atoms with E-state index in [0.717, 1.165) is 11.8 Å². The topological polar surface area (TPSA) is 102 Å². The molecule has 0 fully saturated rings. The van der Waals surface area contributed by atoms with E-state index in [1.807, 2.05) is 13.0 Å². The Kier molecular flexibility index (Phi) is 8.14. The summed E-state index contributed by atoms with van der Waals surface area (Å²) >= 11 is 0. The summed E-state index contributed by atoms with van der Waals surface area (Å²) < 4.78 is 30.5. The number of carbonyl (C=O) groups excluding carboxylic acids is 2. The van der Waals surface area contributed by atoms with Crippen molar-refractivity contribution in [2.45, 2.75) is 26.4 Å². The Hall–Kier alpha value is -2.19. The first kappa shape index (κ1) is 19.9. The minimum atomic E-state index is -3.78. The fourth-order valence-corrected chi connectivity index (χ4v) is 2.38. The lowest BCUT2D eigenvalue weighted by molar-refractivity contribution is -0.153. The third-order valence-corrected chi connectivity index (χ3v) is 3.92. The zero-order valence-corrected chi connectivity index (χ0v) is 14.5. The Morgan fingerprint density at radius 2 is 1.92 bits per heavy atom. The van der Waals surface area contributed by atoms with Gasteiger partial charge in [0.25, 0.3) is 5.91 Å². The van der Waals surface area contributed by atoms with E-state index in [4.69, 9.17) is 4.74 Å². The van der Waals surface area contributed by atoms with E-state index >= 15 is 0 Å². The van der Waals surface area contributed by atoms with Gasteiger partial charge in [0.15, 0.2) is 6.10 Å². The number of sulfonamides is 1. The maximum Gasteiger partial charge on any atom is 0.321 e. The summed E-state index contributed by atoms with van der Waals surface area (Å²) in [5.74, 6) is -1.25. The van der Waals surface area contributed by atoms with Gasteiger partial charge in [0, 0.05) is 12.0 Å². The fourth-order valence-electron chi connectivity index (χ4n) is 1.62. The van der Waals surface area contributed by atoms with Gasteiger partial charge in [-0.3, -0.25) is 9.59 Å². The van der Waals surface area contributed by atoms with Gasteiger partial charge in [-0.1, -0.05) is 37.3 Å². The maximum atomic E-state index is 11.8. The van der Waals surface area contributed by atoms with E-state index in [0.29, 0.717) is 12.1 Å². The number of benzene rings is 1. The molecule has 0 heterocycles. The van der Waals surface area contributed by atoms with E-state index in [1.165, 1.54) is 13.0 Å². The lowest BCUT2D eigenvalue weighted by Gasteiger charge is -2.13. The van der Waals surface area contributed by atoms with Crippen molar-refractivity contribution in [1.29, 1.82) is 0 Å². The Bertz CT molecular complexity index is 671. The molecule has 1 aromatic carbocycles. The van der Waals surface area contributed by atoms with Crippen LogP contribution in [-0.2, 0) is 24.3 Å². The van der Waals surface area contributed by atoms with Crippen LogP contribution in [0.15, 0.2) is 35.7 Å². The lowest BCUT2D eigenvalue weighted by Crippen LogP contribution is -2.38. The van der Waals surface area contributed by atoms with Crippen LogP contribution in [0.2, 0.25) is 0 Å². The summed E-state index contributed by atoms with van der Waals surface area (Å²) in [5, 5.41) is 3.55. The predicted octanol–water partition coefficient (Wildman–Crippen LogP) is 1.03. The molecule has 0 aromatic heterocycles. The quantitative estimate of drug-likeness (QED) is 0.645. The zero-order valence-electron chi connectivity index (χ0n) is 13.7. The third kappa shape index (κ3) is 7.89. The first-order chi connectivity index (χ1) is 11.3. The molecule has 1 rings (SSSR count). The van der Waals surface area contributed by atoms with Gasteiger partial charge in [0.1, 0.15) is 6.54 Å². The molecule has 0 saturated carbocycles. The summed E-state index contributed by atoms with van der Waals surface area (Å²) in [6, 6.07) is 8.87. The number of amides is 1. The Labute approximate surface area is 142 Å². The maximum absolute atomic E-state index is 11.8. The molecule has 0 spiro atoms. The summed E-state index contributed by atoms with van der Waals surface area (Å²) in [4.78, 5) is 23.2. The molecule has 0 unspecified atom stereocenters. The van der Waals surface area contributed by atoms with Crippen LogP contribution in [0.25, 0.3) is 6.08 Å². The number of ether oxygens (including phenoxy) is 1. The van der Waals surface area contributed by atoms with Crippen molar-refractivity contribution in [3.05, 3.63) is 41.3 Å². The number of hydrogen-bond donors (Lipinski definition) is 2.